The number of fused-ring (bicyclic) bond motifs is 1. The predicted molar refractivity (Wildman–Crippen MR) is 134 cm³/mol. The number of rotatable bonds is 6. The van der Waals surface area contributed by atoms with Gasteiger partial charge >= 0.3 is 0 Å². The smallest absolute Gasteiger partial charge is 0.269 e. The maximum absolute atomic E-state index is 11.8. The molecule has 4 aromatic rings. The normalized spacial score (nSPS) is 14.2. The predicted octanol–water partition coefficient (Wildman–Crippen LogP) is 5.91. The molecule has 1 saturated carbocycles. The first-order valence-corrected chi connectivity index (χ1v) is 11.8. The number of nitrogens with one attached hydrogen (secondary N) is 2. The first kappa shape index (κ1) is 21.9. The molecule has 0 saturated heterocycles. The second-order valence-electron chi connectivity index (χ2n) is 8.78. The molecule has 2 aromatic carbocycles. The fourth-order valence-electron chi connectivity index (χ4n) is 4.62. The fraction of sp³-hybridized carbons (Fsp3) is 0.296. The molecular weight excluding hydrogens is 426 g/mol. The minimum atomic E-state index is -0.256. The Morgan fingerprint density at radius 2 is 1.76 bits per heavy atom. The van der Waals surface area contributed by atoms with Crippen molar-refractivity contribution in [3.63, 3.8) is 0 Å². The number of carbonyl (C=O) groups excluding carboxylic acids is 1. The first-order valence-electron chi connectivity index (χ1n) is 11.8. The molecule has 0 unspecified atom stereocenters. The van der Waals surface area contributed by atoms with Crippen molar-refractivity contribution in [1.29, 1.82) is 0 Å². The van der Waals surface area contributed by atoms with Crippen LogP contribution in [0.2, 0.25) is 0 Å². The zero-order valence-electron chi connectivity index (χ0n) is 19.5. The van der Waals surface area contributed by atoms with Crippen LogP contribution >= 0.6 is 0 Å². The van der Waals surface area contributed by atoms with E-state index in [0.717, 1.165) is 22.7 Å². The van der Waals surface area contributed by atoms with E-state index >= 15 is 0 Å². The van der Waals surface area contributed by atoms with Crippen molar-refractivity contribution in [3.05, 3.63) is 72.1 Å². The number of nitrogens with zero attached hydrogens (tertiary/aromatic N) is 3. The van der Waals surface area contributed by atoms with Crippen molar-refractivity contribution < 1.29 is 9.53 Å². The van der Waals surface area contributed by atoms with E-state index in [0.29, 0.717) is 23.1 Å². The van der Waals surface area contributed by atoms with Gasteiger partial charge in [-0.1, -0.05) is 31.4 Å². The highest BCUT2D eigenvalue weighted by atomic mass is 16.5. The van der Waals surface area contributed by atoms with E-state index < -0.39 is 0 Å². The Morgan fingerprint density at radius 3 is 2.53 bits per heavy atom. The molecule has 34 heavy (non-hydrogen) atoms. The van der Waals surface area contributed by atoms with Gasteiger partial charge in [-0.05, 0) is 54.7 Å². The summed E-state index contributed by atoms with van der Waals surface area (Å²) in [7, 11) is 3.57. The molecule has 0 spiro atoms. The van der Waals surface area contributed by atoms with Gasteiger partial charge in [-0.3, -0.25) is 9.78 Å². The minimum Gasteiger partial charge on any atom is -0.457 e. The Hall–Kier alpha value is -3.87. The highest BCUT2D eigenvalue weighted by Gasteiger charge is 2.16. The molecule has 0 aliphatic heterocycles. The van der Waals surface area contributed by atoms with Crippen LogP contribution in [0.4, 0.5) is 11.6 Å². The number of benzene rings is 2. The summed E-state index contributed by atoms with van der Waals surface area (Å²) in [4.78, 5) is 20.7. The van der Waals surface area contributed by atoms with Crippen LogP contribution in [0.25, 0.3) is 11.0 Å². The highest BCUT2D eigenvalue weighted by molar-refractivity contribution is 5.92. The number of pyridine rings is 1. The number of ether oxygens (including phenoxy) is 1. The van der Waals surface area contributed by atoms with Gasteiger partial charge in [0.2, 0.25) is 5.95 Å². The van der Waals surface area contributed by atoms with Gasteiger partial charge < -0.3 is 19.9 Å². The first-order chi connectivity index (χ1) is 16.6. The third-order valence-electron chi connectivity index (χ3n) is 6.52. The van der Waals surface area contributed by atoms with Gasteiger partial charge in [-0.25, -0.2) is 4.98 Å². The van der Waals surface area contributed by atoms with E-state index in [9.17, 15) is 4.79 Å². The molecule has 0 atom stereocenters. The lowest BCUT2D eigenvalue weighted by molar-refractivity contribution is 0.0958. The third kappa shape index (κ3) is 4.59. The van der Waals surface area contributed by atoms with Gasteiger partial charge in [-0.15, -0.1) is 0 Å². The van der Waals surface area contributed by atoms with Crippen LogP contribution in [-0.4, -0.2) is 27.5 Å². The van der Waals surface area contributed by atoms with E-state index in [-0.39, 0.29) is 5.91 Å². The summed E-state index contributed by atoms with van der Waals surface area (Å²) in [5, 5.41) is 6.01. The Labute approximate surface area is 199 Å². The van der Waals surface area contributed by atoms with Crippen molar-refractivity contribution in [1.82, 2.24) is 19.9 Å². The molecule has 2 heterocycles. The molecule has 0 bridgehead atoms. The molecule has 1 amide bonds. The summed E-state index contributed by atoms with van der Waals surface area (Å²) in [5.41, 5.74) is 4.58. The molecule has 1 aliphatic carbocycles. The van der Waals surface area contributed by atoms with Crippen LogP contribution in [-0.2, 0) is 7.05 Å². The summed E-state index contributed by atoms with van der Waals surface area (Å²) in [6.45, 7) is 0. The van der Waals surface area contributed by atoms with Crippen LogP contribution in [0.5, 0.6) is 11.5 Å². The quantitative estimate of drug-likeness (QED) is 0.378. The number of aryl methyl sites for hydroxylation is 1. The molecule has 2 N–H and O–H groups in total. The largest absolute Gasteiger partial charge is 0.457 e. The molecule has 174 valence electrons. The number of hydrogen-bond donors (Lipinski definition) is 2. The molecule has 7 nitrogen and oxygen atoms in total. The van der Waals surface area contributed by atoms with E-state index in [1.165, 1.54) is 37.7 Å². The molecular formula is C27H29N5O2. The van der Waals surface area contributed by atoms with Gasteiger partial charge in [-0.2, -0.15) is 0 Å². The minimum absolute atomic E-state index is 0.256. The Kier molecular flexibility index (Phi) is 6.16. The lowest BCUT2D eigenvalue weighted by atomic mass is 9.84. The summed E-state index contributed by atoms with van der Waals surface area (Å²) < 4.78 is 8.00. The number of carbonyl (C=O) groups is 1. The molecule has 7 heteroatoms. The van der Waals surface area contributed by atoms with Crippen LogP contribution in [0.15, 0.2) is 60.8 Å². The lowest BCUT2D eigenvalue weighted by Crippen LogP contribution is -2.18. The standard InChI is InChI=1S/C27H29N5O2/c1-28-26(33)24-17-22(14-15-29-24)34-21-12-13-25-23(16-21)31-27(32(25)2)30-20-10-8-19(9-11-20)18-6-4-3-5-7-18/h8-18H,3-7H2,1-2H3,(H,28,33)(H,30,31). The molecule has 2 aromatic heterocycles. The monoisotopic (exact) mass is 455 g/mol. The van der Waals surface area contributed by atoms with E-state index in [1.807, 2.05) is 29.8 Å². The Bertz CT molecular complexity index is 1310. The van der Waals surface area contributed by atoms with Crippen molar-refractivity contribution >= 4 is 28.6 Å². The summed E-state index contributed by atoms with van der Waals surface area (Å²) in [5.74, 6) is 2.39. The van der Waals surface area contributed by atoms with Crippen LogP contribution in [0.3, 0.4) is 0 Å². The highest BCUT2D eigenvalue weighted by Crippen LogP contribution is 2.33. The maximum Gasteiger partial charge on any atom is 0.269 e. The number of amides is 1. The van der Waals surface area contributed by atoms with E-state index in [4.69, 9.17) is 9.72 Å². The van der Waals surface area contributed by atoms with Gasteiger partial charge in [0.25, 0.3) is 5.91 Å². The zero-order chi connectivity index (χ0) is 23.5. The van der Waals surface area contributed by atoms with E-state index in [1.54, 1.807) is 25.4 Å². The van der Waals surface area contributed by atoms with Crippen molar-refractivity contribution in [2.45, 2.75) is 38.0 Å². The Morgan fingerprint density at radius 1 is 1.00 bits per heavy atom. The van der Waals surface area contributed by atoms with E-state index in [2.05, 4.69) is 39.9 Å². The number of anilines is 2. The Balaban J connectivity index is 1.33. The molecule has 1 fully saturated rings. The second kappa shape index (κ2) is 9.55. The second-order valence-corrected chi connectivity index (χ2v) is 8.78. The van der Waals surface area contributed by atoms with Gasteiger partial charge in [0.05, 0.1) is 11.0 Å². The van der Waals surface area contributed by atoms with Crippen LogP contribution < -0.4 is 15.4 Å². The summed E-state index contributed by atoms with van der Waals surface area (Å²) >= 11 is 0. The molecule has 0 radical (unpaired) electrons. The lowest BCUT2D eigenvalue weighted by Gasteiger charge is -2.22. The van der Waals surface area contributed by atoms with Gasteiger partial charge in [0, 0.05) is 38.1 Å². The number of hydrogen-bond acceptors (Lipinski definition) is 5. The van der Waals surface area contributed by atoms with Crippen LogP contribution in [0, 0.1) is 0 Å². The van der Waals surface area contributed by atoms with Crippen molar-refractivity contribution in [2.75, 3.05) is 12.4 Å². The summed E-state index contributed by atoms with van der Waals surface area (Å²) in [6.07, 6.45) is 8.21. The van der Waals surface area contributed by atoms with Crippen molar-refractivity contribution in [3.8, 4) is 11.5 Å². The third-order valence-corrected chi connectivity index (χ3v) is 6.52. The fourth-order valence-corrected chi connectivity index (χ4v) is 4.62. The van der Waals surface area contributed by atoms with Gasteiger partial charge in [0.1, 0.15) is 17.2 Å². The molecule has 5 rings (SSSR count). The topological polar surface area (TPSA) is 81.1 Å². The van der Waals surface area contributed by atoms with Crippen LogP contribution in [0.1, 0.15) is 54.1 Å². The maximum atomic E-state index is 11.8. The average molecular weight is 456 g/mol. The van der Waals surface area contributed by atoms with Crippen molar-refractivity contribution in [2.24, 2.45) is 7.05 Å². The summed E-state index contributed by atoms with van der Waals surface area (Å²) in [6, 6.07) is 17.9. The SMILES string of the molecule is CNC(=O)c1cc(Oc2ccc3c(c2)nc(Nc2ccc(C4CCCCC4)cc2)n3C)ccn1. The zero-order valence-corrected chi connectivity index (χ0v) is 19.5. The molecule has 1 aliphatic rings. The van der Waals surface area contributed by atoms with Gasteiger partial charge in [0.15, 0.2) is 0 Å². The average Bonchev–Trinajstić information content (AvgIpc) is 3.19. The number of imidazole rings is 1. The number of aromatic nitrogens is 3.